The fourth-order valence-electron chi connectivity index (χ4n) is 3.03. The molecule has 1 aromatic carbocycles. The summed E-state index contributed by atoms with van der Waals surface area (Å²) in [5.74, 6) is 0.0566. The van der Waals surface area contributed by atoms with Crippen LogP contribution in [0.4, 0.5) is 13.2 Å². The van der Waals surface area contributed by atoms with Gasteiger partial charge in [-0.15, -0.1) is 10.2 Å². The Kier molecular flexibility index (Phi) is 3.48. The number of benzene rings is 1. The third-order valence-corrected chi connectivity index (χ3v) is 4.34. The van der Waals surface area contributed by atoms with Crippen LogP contribution in [0.3, 0.4) is 0 Å². The maximum Gasteiger partial charge on any atom is 0.417 e. The van der Waals surface area contributed by atoms with Gasteiger partial charge >= 0.3 is 6.18 Å². The molecule has 0 radical (unpaired) electrons. The Morgan fingerprint density at radius 3 is 2.52 bits per heavy atom. The molecule has 3 heterocycles. The molecule has 1 saturated heterocycles. The third kappa shape index (κ3) is 2.63. The minimum absolute atomic E-state index is 0.0422. The number of alkyl halides is 3. The van der Waals surface area contributed by atoms with Crippen LogP contribution < -0.4 is 0 Å². The summed E-state index contributed by atoms with van der Waals surface area (Å²) in [6, 6.07) is 10.4. The second kappa shape index (κ2) is 5.58. The molecular weight excluding hydrogens is 333 g/mol. The van der Waals surface area contributed by atoms with E-state index < -0.39 is 17.6 Å². The van der Waals surface area contributed by atoms with Gasteiger partial charge in [-0.2, -0.15) is 13.2 Å². The van der Waals surface area contributed by atoms with Crippen molar-refractivity contribution >= 4 is 11.6 Å². The van der Waals surface area contributed by atoms with Crippen molar-refractivity contribution in [3.8, 4) is 0 Å². The average molecular weight is 346 g/mol. The molecule has 1 aliphatic rings. The van der Waals surface area contributed by atoms with Gasteiger partial charge in [0.2, 0.25) is 0 Å². The Morgan fingerprint density at radius 2 is 1.76 bits per heavy atom. The zero-order valence-electron chi connectivity index (χ0n) is 12.9. The molecule has 4 rings (SSSR count). The lowest BCUT2D eigenvalue weighted by molar-refractivity contribution is -0.138. The van der Waals surface area contributed by atoms with Crippen molar-refractivity contribution in [1.82, 2.24) is 19.5 Å². The van der Waals surface area contributed by atoms with Crippen molar-refractivity contribution in [3.63, 3.8) is 0 Å². The molecule has 2 aromatic heterocycles. The molecule has 0 saturated carbocycles. The van der Waals surface area contributed by atoms with Crippen molar-refractivity contribution in [2.45, 2.75) is 12.1 Å². The first-order chi connectivity index (χ1) is 11.9. The van der Waals surface area contributed by atoms with Crippen LogP contribution in [-0.2, 0) is 6.18 Å². The van der Waals surface area contributed by atoms with Gasteiger partial charge in [0.05, 0.1) is 17.0 Å². The number of pyridine rings is 1. The summed E-state index contributed by atoms with van der Waals surface area (Å²) in [4.78, 5) is 13.9. The Bertz CT molecular complexity index is 944. The van der Waals surface area contributed by atoms with Gasteiger partial charge in [-0.05, 0) is 24.3 Å². The second-order valence-electron chi connectivity index (χ2n) is 5.94. The first-order valence-electron chi connectivity index (χ1n) is 7.70. The Hall–Kier alpha value is -2.90. The highest BCUT2D eigenvalue weighted by atomic mass is 19.4. The second-order valence-corrected chi connectivity index (χ2v) is 5.94. The van der Waals surface area contributed by atoms with Crippen LogP contribution in [0.2, 0.25) is 0 Å². The number of halogens is 3. The van der Waals surface area contributed by atoms with Gasteiger partial charge in [-0.25, -0.2) is 0 Å². The molecule has 5 nitrogen and oxygen atoms in total. The average Bonchev–Trinajstić information content (AvgIpc) is 2.97. The van der Waals surface area contributed by atoms with Crippen LogP contribution in [0, 0.1) is 0 Å². The van der Waals surface area contributed by atoms with Crippen molar-refractivity contribution < 1.29 is 18.0 Å². The van der Waals surface area contributed by atoms with E-state index in [1.54, 1.807) is 0 Å². The number of amides is 1. The van der Waals surface area contributed by atoms with Crippen LogP contribution >= 0.6 is 0 Å². The number of fused-ring (bicyclic) bond motifs is 1. The maximum atomic E-state index is 13.1. The standard InChI is InChI=1S/C17H13F3N4O/c18-17(19,20)13-6-2-1-5-12(13)16(25)23-9-11(10-23)15-22-21-14-7-3-4-8-24(14)15/h1-8,11H,9-10H2. The molecule has 0 aliphatic carbocycles. The van der Waals surface area contributed by atoms with Gasteiger partial charge in [0.1, 0.15) is 5.82 Å². The molecule has 3 aromatic rings. The number of hydrogen-bond donors (Lipinski definition) is 0. The third-order valence-electron chi connectivity index (χ3n) is 4.34. The lowest BCUT2D eigenvalue weighted by Crippen LogP contribution is -2.49. The largest absolute Gasteiger partial charge is 0.417 e. The molecular formula is C17H13F3N4O. The van der Waals surface area contributed by atoms with Crippen molar-refractivity contribution in [2.75, 3.05) is 13.1 Å². The Labute approximate surface area is 140 Å². The summed E-state index contributed by atoms with van der Waals surface area (Å²) in [5, 5.41) is 8.19. The van der Waals surface area contributed by atoms with Crippen LogP contribution in [0.15, 0.2) is 48.7 Å². The van der Waals surface area contributed by atoms with E-state index in [1.165, 1.54) is 23.1 Å². The van der Waals surface area contributed by atoms with Crippen LogP contribution in [0.1, 0.15) is 27.7 Å². The topological polar surface area (TPSA) is 50.5 Å². The number of nitrogens with zero attached hydrogens (tertiary/aromatic N) is 4. The van der Waals surface area contributed by atoms with Gasteiger partial charge in [-0.1, -0.05) is 18.2 Å². The van der Waals surface area contributed by atoms with E-state index in [9.17, 15) is 18.0 Å². The quantitative estimate of drug-likeness (QED) is 0.717. The summed E-state index contributed by atoms with van der Waals surface area (Å²) in [7, 11) is 0. The summed E-state index contributed by atoms with van der Waals surface area (Å²) in [6.07, 6.45) is -2.73. The van der Waals surface area contributed by atoms with Gasteiger partial charge in [-0.3, -0.25) is 9.20 Å². The normalized spacial score (nSPS) is 15.4. The molecule has 128 valence electrons. The summed E-state index contributed by atoms with van der Waals surface area (Å²) >= 11 is 0. The van der Waals surface area contributed by atoms with E-state index >= 15 is 0 Å². The van der Waals surface area contributed by atoms with Crippen molar-refractivity contribution in [1.29, 1.82) is 0 Å². The predicted octanol–water partition coefficient (Wildman–Crippen LogP) is 2.99. The van der Waals surface area contributed by atoms with E-state index in [-0.39, 0.29) is 11.5 Å². The minimum Gasteiger partial charge on any atom is -0.337 e. The lowest BCUT2D eigenvalue weighted by atomic mass is 9.96. The van der Waals surface area contributed by atoms with Crippen LogP contribution in [-0.4, -0.2) is 38.5 Å². The van der Waals surface area contributed by atoms with Crippen LogP contribution in [0.25, 0.3) is 5.65 Å². The fourth-order valence-corrected chi connectivity index (χ4v) is 3.03. The van der Waals surface area contributed by atoms with E-state index in [0.717, 1.165) is 6.07 Å². The Morgan fingerprint density at radius 1 is 1.04 bits per heavy atom. The van der Waals surface area contributed by atoms with Gasteiger partial charge in [0.25, 0.3) is 5.91 Å². The number of likely N-dealkylation sites (tertiary alicyclic amines) is 1. The van der Waals surface area contributed by atoms with Crippen molar-refractivity contribution in [2.24, 2.45) is 0 Å². The Balaban J connectivity index is 1.54. The summed E-state index contributed by atoms with van der Waals surface area (Å²) in [5.41, 5.74) is -0.527. The zero-order valence-corrected chi connectivity index (χ0v) is 12.9. The molecule has 1 amide bonds. The highest BCUT2D eigenvalue weighted by Gasteiger charge is 2.40. The number of rotatable bonds is 2. The maximum absolute atomic E-state index is 13.1. The molecule has 0 N–H and O–H groups in total. The monoisotopic (exact) mass is 346 g/mol. The highest BCUT2D eigenvalue weighted by molar-refractivity contribution is 5.96. The van der Waals surface area contributed by atoms with Crippen LogP contribution in [0.5, 0.6) is 0 Å². The first-order valence-corrected chi connectivity index (χ1v) is 7.70. The smallest absolute Gasteiger partial charge is 0.337 e. The first kappa shape index (κ1) is 15.6. The zero-order chi connectivity index (χ0) is 17.6. The fraction of sp³-hybridized carbons (Fsp3) is 0.235. The molecule has 1 fully saturated rings. The number of aromatic nitrogens is 3. The SMILES string of the molecule is O=C(c1ccccc1C(F)(F)F)N1CC(c2nnc3ccccn23)C1. The molecule has 8 heteroatoms. The molecule has 25 heavy (non-hydrogen) atoms. The molecule has 0 atom stereocenters. The van der Waals surface area contributed by atoms with E-state index in [4.69, 9.17) is 0 Å². The summed E-state index contributed by atoms with van der Waals surface area (Å²) < 4.78 is 41.1. The van der Waals surface area contributed by atoms with Gasteiger partial charge in [0.15, 0.2) is 5.65 Å². The predicted molar refractivity (Wildman–Crippen MR) is 83.1 cm³/mol. The molecule has 0 unspecified atom stereocenters. The molecule has 0 spiro atoms. The summed E-state index contributed by atoms with van der Waals surface area (Å²) in [6.45, 7) is 0.640. The molecule has 0 bridgehead atoms. The van der Waals surface area contributed by atoms with E-state index in [1.807, 2.05) is 28.8 Å². The minimum atomic E-state index is -4.56. The number of carbonyl (C=O) groups is 1. The lowest BCUT2D eigenvalue weighted by Gasteiger charge is -2.38. The highest BCUT2D eigenvalue weighted by Crippen LogP contribution is 2.34. The van der Waals surface area contributed by atoms with Gasteiger partial charge < -0.3 is 4.90 Å². The van der Waals surface area contributed by atoms with E-state index in [2.05, 4.69) is 10.2 Å². The van der Waals surface area contributed by atoms with E-state index in [0.29, 0.717) is 24.6 Å². The molecule has 1 aliphatic heterocycles. The number of hydrogen-bond acceptors (Lipinski definition) is 3. The number of carbonyl (C=O) groups excluding carboxylic acids is 1. The van der Waals surface area contributed by atoms with Crippen molar-refractivity contribution in [3.05, 3.63) is 65.6 Å². The van der Waals surface area contributed by atoms with Gasteiger partial charge in [0, 0.05) is 19.3 Å².